The summed E-state index contributed by atoms with van der Waals surface area (Å²) in [5.74, 6) is -0.324. The van der Waals surface area contributed by atoms with E-state index in [1.165, 1.54) is 7.11 Å². The summed E-state index contributed by atoms with van der Waals surface area (Å²) in [4.78, 5) is 11.2. The van der Waals surface area contributed by atoms with Crippen LogP contribution in [-0.2, 0) is 9.47 Å². The molecular weight excluding hydrogens is 180 g/mol. The summed E-state index contributed by atoms with van der Waals surface area (Å²) in [6, 6.07) is 7.23. The molecule has 3 heteroatoms. The molecule has 1 aromatic rings. The number of methoxy groups -OCH3 is 2. The Balaban J connectivity index is 2.95. The maximum absolute atomic E-state index is 11.2. The first-order valence-corrected chi connectivity index (χ1v) is 4.40. The van der Waals surface area contributed by atoms with E-state index < -0.39 is 0 Å². The monoisotopic (exact) mass is 194 g/mol. The average molecular weight is 194 g/mol. The van der Waals surface area contributed by atoms with E-state index >= 15 is 0 Å². The minimum Gasteiger partial charge on any atom is -0.465 e. The number of carbonyl (C=O) groups is 1. The van der Waals surface area contributed by atoms with Crippen LogP contribution in [0.25, 0.3) is 0 Å². The number of hydrogen-bond acceptors (Lipinski definition) is 3. The Hall–Kier alpha value is -1.35. The van der Waals surface area contributed by atoms with Crippen LogP contribution in [0.15, 0.2) is 24.3 Å². The highest BCUT2D eigenvalue weighted by molar-refractivity contribution is 5.89. The number of ether oxygens (including phenoxy) is 2. The third kappa shape index (κ3) is 2.33. The van der Waals surface area contributed by atoms with E-state index in [-0.39, 0.29) is 12.1 Å². The molecule has 14 heavy (non-hydrogen) atoms. The number of carbonyl (C=O) groups excluding carboxylic acids is 1. The molecule has 76 valence electrons. The lowest BCUT2D eigenvalue weighted by molar-refractivity contribution is 0.0600. The van der Waals surface area contributed by atoms with E-state index in [0.717, 1.165) is 5.56 Å². The van der Waals surface area contributed by atoms with Crippen LogP contribution < -0.4 is 0 Å². The van der Waals surface area contributed by atoms with Crippen molar-refractivity contribution in [2.45, 2.75) is 13.0 Å². The molecule has 0 heterocycles. The van der Waals surface area contributed by atoms with E-state index in [1.54, 1.807) is 19.2 Å². The zero-order chi connectivity index (χ0) is 10.6. The van der Waals surface area contributed by atoms with Crippen molar-refractivity contribution in [1.82, 2.24) is 0 Å². The minimum absolute atomic E-state index is 0.0143. The number of benzene rings is 1. The van der Waals surface area contributed by atoms with Gasteiger partial charge in [0.15, 0.2) is 0 Å². The third-order valence-electron chi connectivity index (χ3n) is 2.13. The second-order valence-electron chi connectivity index (χ2n) is 2.99. The van der Waals surface area contributed by atoms with Crippen molar-refractivity contribution in [2.24, 2.45) is 0 Å². The van der Waals surface area contributed by atoms with Crippen molar-refractivity contribution < 1.29 is 14.3 Å². The zero-order valence-electron chi connectivity index (χ0n) is 8.61. The molecule has 0 unspecified atom stereocenters. The standard InChI is InChI=1S/C11H14O3/c1-8(13-2)9-5-4-6-10(7-9)11(12)14-3/h4-8H,1-3H3/t8-/m1/s1. The Labute approximate surface area is 83.6 Å². The molecule has 0 aliphatic rings. The predicted octanol–water partition coefficient (Wildman–Crippen LogP) is 2.18. The normalized spacial score (nSPS) is 12.2. The maximum atomic E-state index is 11.2. The van der Waals surface area contributed by atoms with Gasteiger partial charge in [0.05, 0.1) is 18.8 Å². The fourth-order valence-electron chi connectivity index (χ4n) is 1.17. The highest BCUT2D eigenvalue weighted by Gasteiger charge is 2.08. The Morgan fingerprint density at radius 1 is 1.36 bits per heavy atom. The van der Waals surface area contributed by atoms with Crippen LogP contribution in [0.2, 0.25) is 0 Å². The maximum Gasteiger partial charge on any atom is 0.337 e. The van der Waals surface area contributed by atoms with E-state index in [9.17, 15) is 4.79 Å². The summed E-state index contributed by atoms with van der Waals surface area (Å²) in [6.45, 7) is 1.93. The minimum atomic E-state index is -0.324. The van der Waals surface area contributed by atoms with Crippen LogP contribution >= 0.6 is 0 Å². The second-order valence-corrected chi connectivity index (χ2v) is 2.99. The molecule has 1 rings (SSSR count). The first-order chi connectivity index (χ1) is 6.69. The molecule has 0 aromatic heterocycles. The Morgan fingerprint density at radius 2 is 2.07 bits per heavy atom. The van der Waals surface area contributed by atoms with E-state index in [4.69, 9.17) is 4.74 Å². The quantitative estimate of drug-likeness (QED) is 0.692. The second kappa shape index (κ2) is 4.77. The van der Waals surface area contributed by atoms with Gasteiger partial charge in [0, 0.05) is 7.11 Å². The van der Waals surface area contributed by atoms with Crippen molar-refractivity contribution in [3.63, 3.8) is 0 Å². The van der Waals surface area contributed by atoms with Crippen LogP contribution in [0, 0.1) is 0 Å². The fraction of sp³-hybridized carbons (Fsp3) is 0.364. The molecule has 0 saturated heterocycles. The number of hydrogen-bond donors (Lipinski definition) is 0. The van der Waals surface area contributed by atoms with Crippen molar-refractivity contribution in [3.05, 3.63) is 35.4 Å². The summed E-state index contributed by atoms with van der Waals surface area (Å²) in [7, 11) is 3.00. The third-order valence-corrected chi connectivity index (χ3v) is 2.13. The summed E-state index contributed by atoms with van der Waals surface area (Å²) in [5.41, 5.74) is 1.52. The van der Waals surface area contributed by atoms with Crippen molar-refractivity contribution >= 4 is 5.97 Å². The SMILES string of the molecule is COC(=O)c1cccc([C@@H](C)OC)c1. The molecule has 0 amide bonds. The van der Waals surface area contributed by atoms with E-state index in [0.29, 0.717) is 5.56 Å². The van der Waals surface area contributed by atoms with Crippen molar-refractivity contribution in [3.8, 4) is 0 Å². The van der Waals surface area contributed by atoms with Gasteiger partial charge < -0.3 is 9.47 Å². The first-order valence-electron chi connectivity index (χ1n) is 4.40. The van der Waals surface area contributed by atoms with Crippen LogP contribution in [0.1, 0.15) is 28.9 Å². The summed E-state index contributed by atoms with van der Waals surface area (Å²) < 4.78 is 9.78. The molecule has 3 nitrogen and oxygen atoms in total. The van der Waals surface area contributed by atoms with Gasteiger partial charge in [-0.1, -0.05) is 12.1 Å². The van der Waals surface area contributed by atoms with Crippen molar-refractivity contribution in [1.29, 1.82) is 0 Å². The van der Waals surface area contributed by atoms with Gasteiger partial charge in [-0.15, -0.1) is 0 Å². The Morgan fingerprint density at radius 3 is 2.64 bits per heavy atom. The number of rotatable bonds is 3. The smallest absolute Gasteiger partial charge is 0.337 e. The van der Waals surface area contributed by atoms with Crippen LogP contribution in [0.5, 0.6) is 0 Å². The molecule has 1 aromatic carbocycles. The highest BCUT2D eigenvalue weighted by atomic mass is 16.5. The predicted molar refractivity (Wildman–Crippen MR) is 53.2 cm³/mol. The zero-order valence-corrected chi connectivity index (χ0v) is 8.61. The lowest BCUT2D eigenvalue weighted by Gasteiger charge is -2.10. The van der Waals surface area contributed by atoms with Gasteiger partial charge in [-0.3, -0.25) is 0 Å². The van der Waals surface area contributed by atoms with Gasteiger partial charge in [-0.25, -0.2) is 4.79 Å². The van der Waals surface area contributed by atoms with Crippen LogP contribution in [0.3, 0.4) is 0 Å². The molecule has 0 bridgehead atoms. The first kappa shape index (κ1) is 10.7. The molecule has 0 radical (unpaired) electrons. The molecule has 0 saturated carbocycles. The highest BCUT2D eigenvalue weighted by Crippen LogP contribution is 2.17. The molecule has 0 fully saturated rings. The van der Waals surface area contributed by atoms with Crippen molar-refractivity contribution in [2.75, 3.05) is 14.2 Å². The lowest BCUT2D eigenvalue weighted by Crippen LogP contribution is -2.03. The lowest BCUT2D eigenvalue weighted by atomic mass is 10.1. The largest absolute Gasteiger partial charge is 0.465 e. The van der Waals surface area contributed by atoms with E-state index in [1.807, 2.05) is 19.1 Å². The van der Waals surface area contributed by atoms with Gasteiger partial charge in [-0.2, -0.15) is 0 Å². The topological polar surface area (TPSA) is 35.5 Å². The molecule has 0 N–H and O–H groups in total. The number of esters is 1. The molecule has 0 aliphatic heterocycles. The van der Waals surface area contributed by atoms with Gasteiger partial charge in [0.2, 0.25) is 0 Å². The molecule has 0 spiro atoms. The van der Waals surface area contributed by atoms with Gasteiger partial charge in [0.1, 0.15) is 0 Å². The summed E-state index contributed by atoms with van der Waals surface area (Å²) in [6.07, 6.45) is -0.0143. The van der Waals surface area contributed by atoms with E-state index in [2.05, 4.69) is 4.74 Å². The Bertz CT molecular complexity index is 320. The van der Waals surface area contributed by atoms with Crippen LogP contribution in [-0.4, -0.2) is 20.2 Å². The summed E-state index contributed by atoms with van der Waals surface area (Å²) >= 11 is 0. The summed E-state index contributed by atoms with van der Waals surface area (Å²) in [5, 5.41) is 0. The van der Waals surface area contributed by atoms with Gasteiger partial charge in [0.25, 0.3) is 0 Å². The average Bonchev–Trinajstić information content (AvgIpc) is 2.27. The fourth-order valence-corrected chi connectivity index (χ4v) is 1.17. The Kier molecular flexibility index (Phi) is 3.65. The van der Waals surface area contributed by atoms with Gasteiger partial charge in [-0.05, 0) is 24.6 Å². The molecule has 1 atom stereocenters. The molecule has 0 aliphatic carbocycles. The van der Waals surface area contributed by atoms with Gasteiger partial charge >= 0.3 is 5.97 Å². The van der Waals surface area contributed by atoms with Crippen LogP contribution in [0.4, 0.5) is 0 Å². The molecular formula is C11H14O3.